The number of aliphatic hydroxyl groups excluding tert-OH is 2. The fourth-order valence-electron chi connectivity index (χ4n) is 3.39. The third-order valence-electron chi connectivity index (χ3n) is 4.31. The van der Waals surface area contributed by atoms with E-state index in [0.29, 0.717) is 25.0 Å². The highest BCUT2D eigenvalue weighted by atomic mass is 16.3. The molecule has 0 aromatic carbocycles. The molecule has 0 heterocycles. The van der Waals surface area contributed by atoms with Crippen molar-refractivity contribution >= 4 is 0 Å². The van der Waals surface area contributed by atoms with Crippen molar-refractivity contribution in [3.8, 4) is 0 Å². The van der Waals surface area contributed by atoms with E-state index in [1.807, 2.05) is 0 Å². The summed E-state index contributed by atoms with van der Waals surface area (Å²) >= 11 is 0. The Morgan fingerprint density at radius 2 is 1.83 bits per heavy atom. The number of hydrogen-bond donors (Lipinski definition) is 3. The number of nitrogens with zero attached hydrogens (tertiary/aromatic N) is 1. The van der Waals surface area contributed by atoms with Crippen LogP contribution in [0.4, 0.5) is 0 Å². The summed E-state index contributed by atoms with van der Waals surface area (Å²) in [5.74, 6) is 1.32. The van der Waals surface area contributed by atoms with Crippen molar-refractivity contribution in [3.63, 3.8) is 0 Å². The number of hydrogen-bond acceptors (Lipinski definition) is 4. The van der Waals surface area contributed by atoms with Gasteiger partial charge in [0.15, 0.2) is 0 Å². The van der Waals surface area contributed by atoms with Crippen LogP contribution in [0.25, 0.3) is 0 Å². The second-order valence-corrected chi connectivity index (χ2v) is 5.51. The van der Waals surface area contributed by atoms with Crippen LogP contribution >= 0.6 is 0 Å². The van der Waals surface area contributed by atoms with Gasteiger partial charge in [0.1, 0.15) is 0 Å². The number of aliphatic hydroxyl groups is 2. The minimum atomic E-state index is 0.159. The summed E-state index contributed by atoms with van der Waals surface area (Å²) in [5, 5.41) is 18.3. The third-order valence-corrected chi connectivity index (χ3v) is 4.31. The van der Waals surface area contributed by atoms with Gasteiger partial charge in [-0.2, -0.15) is 0 Å². The lowest BCUT2D eigenvalue weighted by Crippen LogP contribution is -2.48. The molecule has 3 unspecified atom stereocenters. The van der Waals surface area contributed by atoms with Gasteiger partial charge in [-0.25, -0.2) is 0 Å². The van der Waals surface area contributed by atoms with Crippen molar-refractivity contribution in [3.05, 3.63) is 0 Å². The third kappa shape index (κ3) is 4.50. The van der Waals surface area contributed by atoms with Gasteiger partial charge >= 0.3 is 0 Å². The Labute approximate surface area is 111 Å². The van der Waals surface area contributed by atoms with Crippen molar-refractivity contribution < 1.29 is 10.2 Å². The van der Waals surface area contributed by atoms with Crippen LogP contribution in [-0.2, 0) is 0 Å². The Morgan fingerprint density at radius 3 is 2.33 bits per heavy atom. The second-order valence-electron chi connectivity index (χ2n) is 5.51. The maximum absolute atomic E-state index is 9.17. The van der Waals surface area contributed by atoms with E-state index in [1.54, 1.807) is 0 Å². The first-order chi connectivity index (χ1) is 8.76. The maximum Gasteiger partial charge on any atom is 0.0558 e. The van der Waals surface area contributed by atoms with Crippen LogP contribution in [0.2, 0.25) is 0 Å². The van der Waals surface area contributed by atoms with E-state index in [1.165, 1.54) is 32.1 Å². The standard InChI is InChI=1S/C14H30N2O2/c1-2-3-12-4-5-13(11-15)14(10-12)16(6-8-17)7-9-18/h12-14,17-18H,2-11,15H2,1H3. The van der Waals surface area contributed by atoms with Gasteiger partial charge in [-0.3, -0.25) is 4.90 Å². The van der Waals surface area contributed by atoms with Crippen molar-refractivity contribution in [2.45, 2.75) is 45.1 Å². The van der Waals surface area contributed by atoms with Crippen LogP contribution in [0.15, 0.2) is 0 Å². The Bertz CT molecular complexity index is 208. The Balaban J connectivity index is 2.63. The second kappa shape index (κ2) is 8.86. The molecule has 0 spiro atoms. The predicted molar refractivity (Wildman–Crippen MR) is 74.3 cm³/mol. The zero-order valence-corrected chi connectivity index (χ0v) is 11.7. The molecule has 0 amide bonds. The Morgan fingerprint density at radius 1 is 1.17 bits per heavy atom. The van der Waals surface area contributed by atoms with Crippen molar-refractivity contribution in [1.29, 1.82) is 0 Å². The summed E-state index contributed by atoms with van der Waals surface area (Å²) in [7, 11) is 0. The van der Waals surface area contributed by atoms with Crippen molar-refractivity contribution in [2.24, 2.45) is 17.6 Å². The monoisotopic (exact) mass is 258 g/mol. The fourth-order valence-corrected chi connectivity index (χ4v) is 3.39. The first kappa shape index (κ1) is 15.9. The van der Waals surface area contributed by atoms with Gasteiger partial charge in [0.05, 0.1) is 13.2 Å². The van der Waals surface area contributed by atoms with Crippen LogP contribution in [0.1, 0.15) is 39.0 Å². The van der Waals surface area contributed by atoms with E-state index in [9.17, 15) is 0 Å². The lowest BCUT2D eigenvalue weighted by atomic mass is 9.76. The van der Waals surface area contributed by atoms with Crippen LogP contribution < -0.4 is 5.73 Å². The van der Waals surface area contributed by atoms with Gasteiger partial charge in [-0.05, 0) is 31.2 Å². The molecule has 0 bridgehead atoms. The normalized spacial score (nSPS) is 28.8. The maximum atomic E-state index is 9.17. The van der Waals surface area contributed by atoms with E-state index in [4.69, 9.17) is 15.9 Å². The molecule has 4 nitrogen and oxygen atoms in total. The molecule has 1 aliphatic carbocycles. The molecule has 0 aromatic heterocycles. The quantitative estimate of drug-likeness (QED) is 0.603. The first-order valence-corrected chi connectivity index (χ1v) is 7.42. The molecule has 4 N–H and O–H groups in total. The largest absolute Gasteiger partial charge is 0.395 e. The molecule has 4 heteroatoms. The molecule has 1 rings (SSSR count). The van der Waals surface area contributed by atoms with E-state index in [-0.39, 0.29) is 13.2 Å². The van der Waals surface area contributed by atoms with E-state index >= 15 is 0 Å². The fraction of sp³-hybridized carbons (Fsp3) is 1.00. The molecule has 0 radical (unpaired) electrons. The van der Waals surface area contributed by atoms with Crippen LogP contribution in [0.5, 0.6) is 0 Å². The molecule has 108 valence electrons. The average molecular weight is 258 g/mol. The SMILES string of the molecule is CCCC1CCC(CN)C(N(CCO)CCO)C1. The highest BCUT2D eigenvalue weighted by molar-refractivity contribution is 4.87. The van der Waals surface area contributed by atoms with Gasteiger partial charge in [-0.1, -0.05) is 26.2 Å². The Kier molecular flexibility index (Phi) is 7.82. The highest BCUT2D eigenvalue weighted by Gasteiger charge is 2.32. The van der Waals surface area contributed by atoms with E-state index in [0.717, 1.165) is 12.5 Å². The highest BCUT2D eigenvalue weighted by Crippen LogP contribution is 2.34. The van der Waals surface area contributed by atoms with Gasteiger partial charge < -0.3 is 15.9 Å². The van der Waals surface area contributed by atoms with Gasteiger partial charge in [-0.15, -0.1) is 0 Å². The minimum absolute atomic E-state index is 0.159. The summed E-state index contributed by atoms with van der Waals surface area (Å²) in [6.45, 7) is 4.58. The molecule has 0 aromatic rings. The summed E-state index contributed by atoms with van der Waals surface area (Å²) < 4.78 is 0. The van der Waals surface area contributed by atoms with Gasteiger partial charge in [0, 0.05) is 19.1 Å². The Hall–Kier alpha value is -0.160. The van der Waals surface area contributed by atoms with E-state index in [2.05, 4.69) is 11.8 Å². The summed E-state index contributed by atoms with van der Waals surface area (Å²) in [4.78, 5) is 2.24. The summed E-state index contributed by atoms with van der Waals surface area (Å²) in [5.41, 5.74) is 5.89. The predicted octanol–water partition coefficient (Wildman–Crippen LogP) is 0.817. The van der Waals surface area contributed by atoms with Crippen LogP contribution in [0.3, 0.4) is 0 Å². The van der Waals surface area contributed by atoms with Gasteiger partial charge in [0.25, 0.3) is 0 Å². The summed E-state index contributed by atoms with van der Waals surface area (Å²) in [6, 6.07) is 0.444. The average Bonchev–Trinajstić information content (AvgIpc) is 2.39. The lowest BCUT2D eigenvalue weighted by molar-refractivity contribution is 0.0510. The first-order valence-electron chi connectivity index (χ1n) is 7.42. The zero-order chi connectivity index (χ0) is 13.4. The lowest BCUT2D eigenvalue weighted by Gasteiger charge is -2.42. The molecular formula is C14H30N2O2. The van der Waals surface area contributed by atoms with Gasteiger partial charge in [0.2, 0.25) is 0 Å². The minimum Gasteiger partial charge on any atom is -0.395 e. The van der Waals surface area contributed by atoms with Crippen LogP contribution in [0, 0.1) is 11.8 Å². The zero-order valence-electron chi connectivity index (χ0n) is 11.7. The molecule has 1 fully saturated rings. The molecule has 0 aliphatic heterocycles. The number of nitrogens with two attached hydrogens (primary N) is 1. The topological polar surface area (TPSA) is 69.7 Å². The number of rotatable bonds is 8. The van der Waals surface area contributed by atoms with Crippen LogP contribution in [-0.4, -0.2) is 54.0 Å². The van der Waals surface area contributed by atoms with Crippen molar-refractivity contribution in [2.75, 3.05) is 32.8 Å². The molecule has 3 atom stereocenters. The molecule has 18 heavy (non-hydrogen) atoms. The molecule has 1 aliphatic rings. The van der Waals surface area contributed by atoms with E-state index < -0.39 is 0 Å². The van der Waals surface area contributed by atoms with Crippen molar-refractivity contribution in [1.82, 2.24) is 4.90 Å². The summed E-state index contributed by atoms with van der Waals surface area (Å²) in [6.07, 6.45) is 6.19. The molecule has 0 saturated heterocycles. The smallest absolute Gasteiger partial charge is 0.0558 e. The molecule has 1 saturated carbocycles. The molecular weight excluding hydrogens is 228 g/mol.